The lowest BCUT2D eigenvalue weighted by Crippen LogP contribution is -2.30. The Hall–Kier alpha value is -5.58. The average molecular weight is 1470 g/mol. The summed E-state index contributed by atoms with van der Waals surface area (Å²) in [6, 6.07) is 0. The van der Waals surface area contributed by atoms with Gasteiger partial charge in [0.2, 0.25) is 0 Å². The van der Waals surface area contributed by atoms with Gasteiger partial charge < -0.3 is 33.8 Å². The van der Waals surface area contributed by atoms with E-state index in [0.717, 1.165) is 167 Å². The van der Waals surface area contributed by atoms with Crippen LogP contribution in [0.3, 0.4) is 0 Å². The van der Waals surface area contributed by atoms with Crippen LogP contribution in [0.2, 0.25) is 0 Å². The van der Waals surface area contributed by atoms with Crippen LogP contribution in [-0.4, -0.2) is 96.7 Å². The van der Waals surface area contributed by atoms with Crippen molar-refractivity contribution in [2.75, 3.05) is 39.6 Å². The normalized spacial score (nSPS) is 14.9. The first kappa shape index (κ1) is 96.4. The highest BCUT2D eigenvalue weighted by molar-refractivity contribution is 7.47. The summed E-state index contributed by atoms with van der Waals surface area (Å²) in [5.41, 5.74) is 0. The first-order valence-electron chi connectivity index (χ1n) is 38.4. The molecule has 0 radical (unpaired) electrons. The van der Waals surface area contributed by atoms with E-state index >= 15 is 0 Å². The van der Waals surface area contributed by atoms with Gasteiger partial charge in [0.15, 0.2) is 12.2 Å². The Balaban J connectivity index is 5.47. The minimum absolute atomic E-state index is 0.0166. The van der Waals surface area contributed by atoms with E-state index in [9.17, 15) is 43.2 Å². The minimum Gasteiger partial charge on any atom is -0.462 e. The fraction of sp³-hybridized carbons (Fsp3) is 0.614. The van der Waals surface area contributed by atoms with Crippen LogP contribution in [-0.2, 0) is 65.4 Å². The number of phosphoric ester groups is 2. The summed E-state index contributed by atoms with van der Waals surface area (Å²) in [7, 11) is -10.0. The smallest absolute Gasteiger partial charge is 0.462 e. The molecule has 0 aromatic carbocycles. The van der Waals surface area contributed by atoms with Crippen molar-refractivity contribution in [3.63, 3.8) is 0 Å². The third kappa shape index (κ3) is 72.8. The van der Waals surface area contributed by atoms with Crippen molar-refractivity contribution < 1.29 is 80.2 Å². The summed E-state index contributed by atoms with van der Waals surface area (Å²) in [4.78, 5) is 72.8. The van der Waals surface area contributed by atoms with E-state index in [-0.39, 0.29) is 25.7 Å². The Morgan fingerprint density at radius 2 is 0.569 bits per heavy atom. The predicted molar refractivity (Wildman–Crippen MR) is 417 cm³/mol. The van der Waals surface area contributed by atoms with E-state index in [0.29, 0.717) is 32.1 Å². The molecule has 0 heterocycles. The highest BCUT2D eigenvalue weighted by Crippen LogP contribution is 2.45. The summed E-state index contributed by atoms with van der Waals surface area (Å²) >= 11 is 0. The lowest BCUT2D eigenvalue weighted by molar-refractivity contribution is -0.161. The second-order valence-electron chi connectivity index (χ2n) is 24.8. The summed E-state index contributed by atoms with van der Waals surface area (Å²) in [6.45, 7) is 4.33. The zero-order valence-corrected chi connectivity index (χ0v) is 64.8. The molecule has 17 nitrogen and oxygen atoms in total. The number of carbonyl (C=O) groups is 4. The Morgan fingerprint density at radius 3 is 0.931 bits per heavy atom. The van der Waals surface area contributed by atoms with E-state index in [1.54, 1.807) is 6.08 Å². The molecule has 0 aliphatic carbocycles. The van der Waals surface area contributed by atoms with Crippen LogP contribution < -0.4 is 0 Å². The lowest BCUT2D eigenvalue weighted by Gasteiger charge is -2.21. The molecular formula is C83H134O17P2. The summed E-state index contributed by atoms with van der Waals surface area (Å²) in [5, 5.41) is 10.6. The Labute approximate surface area is 616 Å². The van der Waals surface area contributed by atoms with Crippen LogP contribution in [0.5, 0.6) is 0 Å². The molecule has 0 bridgehead atoms. The summed E-state index contributed by atoms with van der Waals surface area (Å²) < 4.78 is 68.3. The summed E-state index contributed by atoms with van der Waals surface area (Å²) in [5.74, 6) is -2.42. The lowest BCUT2D eigenvalue weighted by atomic mass is 10.1. The van der Waals surface area contributed by atoms with Gasteiger partial charge in [0.05, 0.1) is 32.8 Å². The van der Waals surface area contributed by atoms with Gasteiger partial charge in [0.1, 0.15) is 19.3 Å². The van der Waals surface area contributed by atoms with Crippen LogP contribution in [0.1, 0.15) is 272 Å². The quantitative estimate of drug-likeness (QED) is 0.0169. The van der Waals surface area contributed by atoms with Crippen molar-refractivity contribution in [3.8, 4) is 0 Å². The van der Waals surface area contributed by atoms with Gasteiger partial charge in [-0.1, -0.05) is 262 Å². The molecule has 0 saturated carbocycles. The highest BCUT2D eigenvalue weighted by atomic mass is 31.2. The van der Waals surface area contributed by atoms with Crippen molar-refractivity contribution >= 4 is 39.5 Å². The fourth-order valence-electron chi connectivity index (χ4n) is 9.39. The number of esters is 4. The van der Waals surface area contributed by atoms with E-state index in [4.69, 9.17) is 37.0 Å². The number of unbranched alkanes of at least 4 members (excludes halogenated alkanes) is 17. The fourth-order valence-corrected chi connectivity index (χ4v) is 11.0. The number of ether oxygens (including phenoxy) is 4. The number of carbonyl (C=O) groups excluding carboxylic acids is 4. The number of allylic oxidation sites excluding steroid dienone is 27. The SMILES string of the molecule is CC/C=C\C/C=C\C/C=C\C/C=C\C/C=C\CC(=O)OCC(COP(=O)(O)OCC(O)COP(=O)(O)OCC(COC(=O)CCCCCCCC/C=C\C/C=C\C/C=C\CCCCC)OC(=O)CCCCCCC/C=C\C/C=C\CCC)OC(=O)CCCC/C=C\C/C=C\C/C=C\C/C=C\CC. The zero-order chi connectivity index (χ0) is 74.6. The minimum atomic E-state index is -5.01. The van der Waals surface area contributed by atoms with Gasteiger partial charge in [-0.2, -0.15) is 0 Å². The zero-order valence-electron chi connectivity index (χ0n) is 63.0. The largest absolute Gasteiger partial charge is 0.472 e. The Bertz CT molecular complexity index is 2600. The van der Waals surface area contributed by atoms with Crippen molar-refractivity contribution in [1.82, 2.24) is 0 Å². The van der Waals surface area contributed by atoms with E-state index in [1.165, 1.54) is 19.3 Å². The van der Waals surface area contributed by atoms with Crippen molar-refractivity contribution in [2.45, 2.75) is 290 Å². The van der Waals surface area contributed by atoms with Crippen LogP contribution in [0.15, 0.2) is 170 Å². The molecule has 0 aliphatic rings. The van der Waals surface area contributed by atoms with Gasteiger partial charge in [0.25, 0.3) is 0 Å². The third-order valence-electron chi connectivity index (χ3n) is 15.2. The number of hydrogen-bond acceptors (Lipinski definition) is 15. The second-order valence-corrected chi connectivity index (χ2v) is 27.7. The molecule has 0 amide bonds. The molecular weight excluding hydrogens is 1330 g/mol. The van der Waals surface area contributed by atoms with E-state index < -0.39 is 97.5 Å². The van der Waals surface area contributed by atoms with E-state index in [1.807, 2.05) is 24.3 Å². The molecule has 0 aromatic heterocycles. The van der Waals surface area contributed by atoms with E-state index in [2.05, 4.69) is 167 Å². The molecule has 0 fully saturated rings. The number of phosphoric acid groups is 2. The van der Waals surface area contributed by atoms with Gasteiger partial charge >= 0.3 is 39.5 Å². The van der Waals surface area contributed by atoms with Gasteiger partial charge in [-0.25, -0.2) is 9.13 Å². The molecule has 0 aliphatic heterocycles. The van der Waals surface area contributed by atoms with Gasteiger partial charge in [-0.05, 0) is 154 Å². The van der Waals surface area contributed by atoms with Crippen LogP contribution in [0.4, 0.5) is 0 Å². The van der Waals surface area contributed by atoms with Gasteiger partial charge in [0, 0.05) is 19.3 Å². The molecule has 5 unspecified atom stereocenters. The van der Waals surface area contributed by atoms with Crippen molar-refractivity contribution in [3.05, 3.63) is 170 Å². The van der Waals surface area contributed by atoms with Crippen molar-refractivity contribution in [2.24, 2.45) is 0 Å². The molecule has 578 valence electrons. The average Bonchev–Trinajstić information content (AvgIpc) is 0.919. The Kier molecular flexibility index (Phi) is 69.7. The monoisotopic (exact) mass is 1460 g/mol. The molecule has 3 N–H and O–H groups in total. The number of hydrogen-bond donors (Lipinski definition) is 3. The highest BCUT2D eigenvalue weighted by Gasteiger charge is 2.30. The summed E-state index contributed by atoms with van der Waals surface area (Å²) in [6.07, 6.45) is 86.7. The molecule has 0 saturated heterocycles. The van der Waals surface area contributed by atoms with Crippen LogP contribution in [0, 0.1) is 0 Å². The molecule has 5 atom stereocenters. The maximum Gasteiger partial charge on any atom is 0.472 e. The van der Waals surface area contributed by atoms with Gasteiger partial charge in [-0.3, -0.25) is 37.3 Å². The molecule has 19 heteroatoms. The predicted octanol–water partition coefficient (Wildman–Crippen LogP) is 22.2. The molecule has 0 rings (SSSR count). The second kappa shape index (κ2) is 73.7. The topological polar surface area (TPSA) is 237 Å². The first-order chi connectivity index (χ1) is 49.7. The molecule has 0 aromatic rings. The van der Waals surface area contributed by atoms with Crippen LogP contribution in [0.25, 0.3) is 0 Å². The first-order valence-corrected chi connectivity index (χ1v) is 41.4. The number of aliphatic hydroxyl groups is 1. The van der Waals surface area contributed by atoms with Crippen LogP contribution >= 0.6 is 15.6 Å². The number of rotatable bonds is 70. The van der Waals surface area contributed by atoms with Gasteiger partial charge in [-0.15, -0.1) is 0 Å². The maximum absolute atomic E-state index is 13.1. The standard InChI is InChI=1S/C83H134O17P2/c1-5-9-13-17-21-25-29-33-36-37-38-39-42-45-48-52-56-60-64-68-81(86)94-73-78(99-82(87)69-65-61-57-53-49-43-32-28-24-20-16-12-8-4)75-97-101(89,90)95-71-77(84)72-96-102(91,92)98-76-79(100-83(88)70-66-62-58-54-50-46-41-35-31-27-23-19-15-11-7-3)74-93-80(85)67-63-59-55-51-47-44-40-34-30-26-22-18-14-10-6-2/h10-11,14-16,20-23,25-28,32-36,38-41,47,50-51,54,59,63,77-79,84H,5-9,12-13,17-19,24,29-31,37,42-46,48-49,52-53,55-58,60-62,64-76H2,1-4H3,(H,89,90)(H,91,92)/b14-10-,15-11-,20-16-,25-21-,26-22-,27-23-,32-28-,36-33-,39-38-,40-34-,41-35-,51-47-,54-50-,63-59-. The number of aliphatic hydroxyl groups excluding tert-OH is 1. The maximum atomic E-state index is 13.1. The molecule has 0 spiro atoms. The Morgan fingerprint density at radius 1 is 0.294 bits per heavy atom. The third-order valence-corrected chi connectivity index (χ3v) is 17.1. The molecule has 102 heavy (non-hydrogen) atoms. The van der Waals surface area contributed by atoms with Crippen molar-refractivity contribution in [1.29, 1.82) is 0 Å².